The number of aryl methyl sites for hydroxylation is 1. The Balaban J connectivity index is 0.895. The fraction of sp³-hybridized carbons (Fsp3) is 0.386. The van der Waals surface area contributed by atoms with Crippen LogP contribution in [0.3, 0.4) is 0 Å². The van der Waals surface area contributed by atoms with E-state index in [-0.39, 0.29) is 28.5 Å². The molecule has 3 heterocycles. The molecule has 0 spiro atoms. The van der Waals surface area contributed by atoms with Crippen molar-refractivity contribution in [1.82, 2.24) is 9.47 Å². The minimum Gasteiger partial charge on any atom is -0.465 e. The molecule has 0 unspecified atom stereocenters. The van der Waals surface area contributed by atoms with Gasteiger partial charge in [0.05, 0.1) is 27.1 Å². The summed E-state index contributed by atoms with van der Waals surface area (Å²) >= 11 is 8.00. The van der Waals surface area contributed by atoms with Crippen molar-refractivity contribution in [2.75, 3.05) is 90.4 Å². The van der Waals surface area contributed by atoms with Gasteiger partial charge in [-0.2, -0.15) is 0 Å². The molecule has 0 amide bonds. The summed E-state index contributed by atoms with van der Waals surface area (Å²) in [6.45, 7) is 13.6. The lowest BCUT2D eigenvalue weighted by molar-refractivity contribution is -0.157. The smallest absolute Gasteiger partial charge is 0.328 e. The molecule has 1 atom stereocenters. The maximum Gasteiger partial charge on any atom is 0.328 e. The molecule has 2 fully saturated rings. The van der Waals surface area contributed by atoms with Crippen LogP contribution in [-0.4, -0.2) is 119 Å². The molecule has 8 rings (SSSR count). The van der Waals surface area contributed by atoms with Crippen LogP contribution in [0, 0.1) is 25.1 Å². The summed E-state index contributed by atoms with van der Waals surface area (Å²) in [6.07, 6.45) is 2.59. The first-order chi connectivity index (χ1) is 36.9. The van der Waals surface area contributed by atoms with Gasteiger partial charge in [-0.1, -0.05) is 41.9 Å². The Morgan fingerprint density at radius 3 is 2.08 bits per heavy atom. The van der Waals surface area contributed by atoms with E-state index in [1.54, 1.807) is 61.2 Å². The third-order valence-corrected chi connectivity index (χ3v) is 19.4. The van der Waals surface area contributed by atoms with Gasteiger partial charge in [-0.15, -0.1) is 11.8 Å². The molecule has 15 nitrogen and oxygen atoms in total. The largest absolute Gasteiger partial charge is 0.465 e. The van der Waals surface area contributed by atoms with Crippen LogP contribution in [0.5, 0.6) is 0 Å². The number of anilines is 4. The fourth-order valence-corrected chi connectivity index (χ4v) is 14.2. The number of piperidine rings is 1. The van der Waals surface area contributed by atoms with E-state index >= 15 is 4.39 Å². The standard InChI is InChI=1S/C57H69ClFN6O9PS3/c1-39(2)65-41(4)55(77(6,70)71)53(54(65)42-12-14-44(58)15-13-42)43-35-45(59)37-49(36-43)64-30-28-63(29-31-64)48-18-16-46(17-19-48)61-78(72,73)51-20-21-52(40(3)34-51)60-47(38-76-50-10-8-7-9-11-50)22-25-62-26-23-57(5,24-27-62)56(66)74-32-33-75(67,68)69/h7-21,34-37,39,47,60-61H,22-33,38H2,1-6H3,(H2,67,68,69)/t47-/m1/s1. The molecule has 2 saturated heterocycles. The number of sulfonamides is 1. The molecule has 4 N–H and O–H groups in total. The second-order valence-corrected chi connectivity index (χ2v) is 27.8. The third-order valence-electron chi connectivity index (χ3n) is 14.6. The first kappa shape index (κ1) is 58.8. The molecule has 2 aliphatic heterocycles. The van der Waals surface area contributed by atoms with Gasteiger partial charge in [0.2, 0.25) is 0 Å². The van der Waals surface area contributed by atoms with Crippen LogP contribution in [0.2, 0.25) is 5.02 Å². The maximum absolute atomic E-state index is 15.8. The van der Waals surface area contributed by atoms with Crippen molar-refractivity contribution >= 4 is 79.5 Å². The molecule has 418 valence electrons. The zero-order chi connectivity index (χ0) is 56.2. The second-order valence-electron chi connectivity index (χ2n) is 20.9. The molecular weight excluding hydrogens is 1090 g/mol. The number of nitrogens with zero attached hydrogens (tertiary/aromatic N) is 4. The molecule has 0 bridgehead atoms. The van der Waals surface area contributed by atoms with E-state index in [2.05, 4.69) is 36.9 Å². The van der Waals surface area contributed by atoms with Crippen molar-refractivity contribution in [3.63, 3.8) is 0 Å². The highest BCUT2D eigenvalue weighted by atomic mass is 35.5. The number of aromatic nitrogens is 1. The number of hydrogen-bond acceptors (Lipinski definition) is 12. The summed E-state index contributed by atoms with van der Waals surface area (Å²) in [6, 6.07) is 34.3. The number of sulfone groups is 1. The van der Waals surface area contributed by atoms with Crippen LogP contribution in [-0.2, 0) is 34.0 Å². The lowest BCUT2D eigenvalue weighted by Crippen LogP contribution is -2.46. The highest BCUT2D eigenvalue weighted by Gasteiger charge is 2.39. The number of thioether (sulfide) groups is 1. The Hall–Kier alpha value is -5.37. The number of benzene rings is 5. The zero-order valence-corrected chi connectivity index (χ0v) is 48.9. The summed E-state index contributed by atoms with van der Waals surface area (Å²) in [5.74, 6) is -0.168. The first-order valence-electron chi connectivity index (χ1n) is 26.0. The number of rotatable bonds is 21. The Labute approximate surface area is 467 Å². The van der Waals surface area contributed by atoms with Gasteiger partial charge in [-0.3, -0.25) is 14.1 Å². The van der Waals surface area contributed by atoms with Gasteiger partial charge >= 0.3 is 13.6 Å². The quantitative estimate of drug-likeness (QED) is 0.0302. The number of carbonyl (C=O) groups is 1. The second kappa shape index (κ2) is 24.6. The van der Waals surface area contributed by atoms with Crippen molar-refractivity contribution in [2.45, 2.75) is 80.7 Å². The highest BCUT2D eigenvalue weighted by molar-refractivity contribution is 7.99. The van der Waals surface area contributed by atoms with Crippen LogP contribution in [0.15, 0.2) is 130 Å². The SMILES string of the molecule is Cc1cc(S(=O)(=O)Nc2ccc(N3CCN(c4cc(F)cc(-c5c(S(C)(=O)=O)c(C)n(C(C)C)c5-c5ccc(Cl)cc5)c4)CC3)cc2)ccc1N[C@H](CCN1CCC(C)(C(=O)OCCP(=O)(O)O)CC1)CSc1ccccc1. The van der Waals surface area contributed by atoms with E-state index in [0.717, 1.165) is 46.1 Å². The number of ether oxygens (including phenoxy) is 1. The first-order valence-corrected chi connectivity index (χ1v) is 32.5. The van der Waals surface area contributed by atoms with Crippen LogP contribution in [0.1, 0.15) is 57.3 Å². The number of piperazine rings is 1. The summed E-state index contributed by atoms with van der Waals surface area (Å²) in [5, 5.41) is 4.23. The average Bonchev–Trinajstić information content (AvgIpc) is 3.98. The molecule has 1 aromatic heterocycles. The van der Waals surface area contributed by atoms with Gasteiger partial charge in [0.25, 0.3) is 10.0 Å². The van der Waals surface area contributed by atoms with E-state index in [0.29, 0.717) is 91.0 Å². The van der Waals surface area contributed by atoms with Crippen molar-refractivity contribution in [1.29, 1.82) is 0 Å². The lowest BCUT2D eigenvalue weighted by Gasteiger charge is -2.38. The number of hydrogen-bond donors (Lipinski definition) is 4. The number of nitrogens with one attached hydrogen (secondary N) is 2. The molecular formula is C57H69ClFN6O9PS3. The topological polar surface area (TPSA) is 191 Å². The molecule has 21 heteroatoms. The van der Waals surface area contributed by atoms with E-state index in [4.69, 9.17) is 26.1 Å². The monoisotopic (exact) mass is 1160 g/mol. The minimum atomic E-state index is -4.26. The maximum atomic E-state index is 15.8. The number of carbonyl (C=O) groups excluding carboxylic acids is 1. The van der Waals surface area contributed by atoms with Crippen LogP contribution < -0.4 is 19.8 Å². The number of halogens is 2. The van der Waals surface area contributed by atoms with Crippen LogP contribution >= 0.6 is 31.0 Å². The molecule has 6 aromatic rings. The van der Waals surface area contributed by atoms with Crippen molar-refractivity contribution in [2.24, 2.45) is 5.41 Å². The molecule has 2 aliphatic rings. The molecule has 5 aromatic carbocycles. The van der Waals surface area contributed by atoms with Gasteiger partial charge in [-0.25, -0.2) is 21.2 Å². The van der Waals surface area contributed by atoms with Gasteiger partial charge < -0.3 is 39.1 Å². The lowest BCUT2D eigenvalue weighted by atomic mass is 9.80. The Morgan fingerprint density at radius 2 is 1.47 bits per heavy atom. The minimum absolute atomic E-state index is 0.0149. The van der Waals surface area contributed by atoms with Gasteiger partial charge in [0, 0.05) is 101 Å². The predicted octanol–water partition coefficient (Wildman–Crippen LogP) is 11.1. The highest BCUT2D eigenvalue weighted by Crippen LogP contribution is 2.45. The summed E-state index contributed by atoms with van der Waals surface area (Å²) in [5.41, 5.74) is 5.72. The van der Waals surface area contributed by atoms with Gasteiger partial charge in [0.1, 0.15) is 12.4 Å². The predicted molar refractivity (Wildman–Crippen MR) is 312 cm³/mol. The Morgan fingerprint density at radius 1 is 0.833 bits per heavy atom. The molecule has 78 heavy (non-hydrogen) atoms. The van der Waals surface area contributed by atoms with E-state index in [1.165, 1.54) is 18.4 Å². The molecule has 0 aliphatic carbocycles. The van der Waals surface area contributed by atoms with Crippen LogP contribution in [0.25, 0.3) is 22.4 Å². The molecule has 0 saturated carbocycles. The molecule has 0 radical (unpaired) electrons. The fourth-order valence-electron chi connectivity index (χ4n) is 10.4. The summed E-state index contributed by atoms with van der Waals surface area (Å²) in [4.78, 5) is 39.2. The number of esters is 1. The van der Waals surface area contributed by atoms with E-state index < -0.39 is 50.8 Å². The van der Waals surface area contributed by atoms with Crippen molar-refractivity contribution < 1.29 is 45.1 Å². The third kappa shape index (κ3) is 14.5. The van der Waals surface area contributed by atoms with E-state index in [1.807, 2.05) is 80.8 Å². The Bertz CT molecular complexity index is 3370. The van der Waals surface area contributed by atoms with Gasteiger partial charge in [-0.05, 0) is 169 Å². The Kier molecular flexibility index (Phi) is 18.5. The van der Waals surface area contributed by atoms with E-state index in [9.17, 15) is 26.2 Å². The van der Waals surface area contributed by atoms with Gasteiger partial charge in [0.15, 0.2) is 9.84 Å². The summed E-state index contributed by atoms with van der Waals surface area (Å²) in [7, 11) is -12.0. The zero-order valence-electron chi connectivity index (χ0n) is 44.8. The van der Waals surface area contributed by atoms with Crippen LogP contribution in [0.4, 0.5) is 27.1 Å². The summed E-state index contributed by atoms with van der Waals surface area (Å²) < 4.78 is 91.7. The van der Waals surface area contributed by atoms with Crippen molar-refractivity contribution in [3.05, 3.63) is 137 Å². The normalized spacial score (nSPS) is 15.8. The number of likely N-dealkylation sites (tertiary alicyclic amines) is 1. The van der Waals surface area contributed by atoms with Crippen molar-refractivity contribution in [3.8, 4) is 22.4 Å². The average molecular weight is 1160 g/mol.